The lowest BCUT2D eigenvalue weighted by molar-refractivity contribution is 0.660. The Balaban J connectivity index is 1.09. The number of benzene rings is 8. The van der Waals surface area contributed by atoms with Crippen LogP contribution in [-0.4, -0.2) is 0 Å². The van der Waals surface area contributed by atoms with E-state index in [1.165, 1.54) is 55.3 Å². The fourth-order valence-corrected chi connectivity index (χ4v) is 8.28. The van der Waals surface area contributed by atoms with Crippen LogP contribution in [-0.2, 0) is 5.41 Å². The van der Waals surface area contributed by atoms with Gasteiger partial charge in [0, 0.05) is 39.3 Å². The summed E-state index contributed by atoms with van der Waals surface area (Å²) in [4.78, 5) is 2.34. The van der Waals surface area contributed by atoms with Crippen LogP contribution in [0.4, 0.5) is 17.1 Å². The molecule has 0 atom stereocenters. The van der Waals surface area contributed by atoms with Crippen molar-refractivity contribution < 1.29 is 4.42 Å². The number of fused-ring (bicyclic) bond motifs is 7. The minimum absolute atomic E-state index is 0.0386. The molecule has 0 saturated carbocycles. The third-order valence-corrected chi connectivity index (χ3v) is 10.9. The zero-order valence-corrected chi connectivity index (χ0v) is 28.6. The first-order valence-corrected chi connectivity index (χ1v) is 17.7. The number of anilines is 3. The molecule has 8 aromatic carbocycles. The summed E-state index contributed by atoms with van der Waals surface area (Å²) in [6.07, 6.45) is 0. The summed E-state index contributed by atoms with van der Waals surface area (Å²) >= 11 is 0. The summed E-state index contributed by atoms with van der Waals surface area (Å²) in [6.45, 7) is 4.68. The molecule has 51 heavy (non-hydrogen) atoms. The highest BCUT2D eigenvalue weighted by molar-refractivity contribution is 6.06. The van der Waals surface area contributed by atoms with Crippen molar-refractivity contribution in [2.75, 3.05) is 4.90 Å². The second-order valence-corrected chi connectivity index (χ2v) is 14.2. The average Bonchev–Trinajstić information content (AvgIpc) is 3.66. The molecule has 0 fully saturated rings. The molecule has 2 heteroatoms. The molecule has 0 saturated heterocycles. The van der Waals surface area contributed by atoms with Crippen molar-refractivity contribution in [3.63, 3.8) is 0 Å². The van der Waals surface area contributed by atoms with Crippen LogP contribution < -0.4 is 4.90 Å². The van der Waals surface area contributed by atoms with Crippen molar-refractivity contribution in [1.29, 1.82) is 0 Å². The van der Waals surface area contributed by atoms with Gasteiger partial charge in [0.2, 0.25) is 0 Å². The fourth-order valence-electron chi connectivity index (χ4n) is 8.28. The summed E-state index contributed by atoms with van der Waals surface area (Å²) < 4.78 is 6.38. The van der Waals surface area contributed by atoms with Gasteiger partial charge in [-0.2, -0.15) is 0 Å². The molecular formula is C49H35NO. The van der Waals surface area contributed by atoms with Crippen LogP contribution in [0.25, 0.3) is 66.1 Å². The Morgan fingerprint density at radius 2 is 1.04 bits per heavy atom. The average molecular weight is 654 g/mol. The normalized spacial score (nSPS) is 13.1. The molecule has 9 aromatic rings. The molecular weight excluding hydrogens is 619 g/mol. The zero-order valence-electron chi connectivity index (χ0n) is 28.6. The monoisotopic (exact) mass is 653 g/mol. The summed E-state index contributed by atoms with van der Waals surface area (Å²) in [5.41, 5.74) is 15.3. The maximum atomic E-state index is 6.38. The molecule has 0 bridgehead atoms. The van der Waals surface area contributed by atoms with E-state index in [2.05, 4.69) is 183 Å². The van der Waals surface area contributed by atoms with Gasteiger partial charge < -0.3 is 9.32 Å². The van der Waals surface area contributed by atoms with E-state index >= 15 is 0 Å². The van der Waals surface area contributed by atoms with Gasteiger partial charge in [-0.15, -0.1) is 0 Å². The van der Waals surface area contributed by atoms with Crippen molar-refractivity contribution >= 4 is 49.8 Å². The smallest absolute Gasteiger partial charge is 0.137 e. The van der Waals surface area contributed by atoms with Crippen molar-refractivity contribution in [2.45, 2.75) is 19.3 Å². The maximum Gasteiger partial charge on any atom is 0.137 e. The summed E-state index contributed by atoms with van der Waals surface area (Å²) in [5.74, 6) is 0. The summed E-state index contributed by atoms with van der Waals surface area (Å²) in [6, 6.07) is 63.7. The Hall–Kier alpha value is -6.38. The second-order valence-electron chi connectivity index (χ2n) is 14.2. The molecule has 0 amide bonds. The minimum atomic E-state index is -0.0386. The highest BCUT2D eigenvalue weighted by atomic mass is 16.3. The molecule has 1 aliphatic rings. The summed E-state index contributed by atoms with van der Waals surface area (Å²) in [7, 11) is 0. The first kappa shape index (κ1) is 29.5. The third kappa shape index (κ3) is 4.71. The molecule has 1 aliphatic carbocycles. The SMILES string of the molecule is CC1(C)c2ccccc2-c2ccc(-c3ccc(N(c4cccc(-c5cccc6ccccc56)c4)c4ccc5c(c4)oc4ccccc45)cc3)cc21. The van der Waals surface area contributed by atoms with E-state index < -0.39 is 0 Å². The number of para-hydroxylation sites is 1. The van der Waals surface area contributed by atoms with Gasteiger partial charge in [-0.1, -0.05) is 135 Å². The molecule has 242 valence electrons. The first-order valence-electron chi connectivity index (χ1n) is 17.7. The van der Waals surface area contributed by atoms with Gasteiger partial charge in [0.15, 0.2) is 0 Å². The Bertz CT molecular complexity index is 2780. The van der Waals surface area contributed by atoms with Crippen LogP contribution in [0.2, 0.25) is 0 Å². The molecule has 0 aliphatic heterocycles. The van der Waals surface area contributed by atoms with Gasteiger partial charge in [-0.3, -0.25) is 0 Å². The van der Waals surface area contributed by atoms with Crippen molar-refractivity contribution in [3.05, 3.63) is 187 Å². The van der Waals surface area contributed by atoms with E-state index in [0.29, 0.717) is 0 Å². The molecule has 10 rings (SSSR count). The molecule has 0 N–H and O–H groups in total. The molecule has 0 radical (unpaired) electrons. The van der Waals surface area contributed by atoms with Crippen LogP contribution in [0.5, 0.6) is 0 Å². The quantitative estimate of drug-likeness (QED) is 0.184. The summed E-state index contributed by atoms with van der Waals surface area (Å²) in [5, 5.41) is 4.74. The Morgan fingerprint density at radius 1 is 0.392 bits per heavy atom. The largest absolute Gasteiger partial charge is 0.456 e. The van der Waals surface area contributed by atoms with E-state index in [1.54, 1.807) is 0 Å². The molecule has 1 aromatic heterocycles. The van der Waals surface area contributed by atoms with E-state index in [1.807, 2.05) is 12.1 Å². The number of furan rings is 1. The van der Waals surface area contributed by atoms with Crippen LogP contribution in [0.15, 0.2) is 180 Å². The van der Waals surface area contributed by atoms with E-state index in [4.69, 9.17) is 4.42 Å². The van der Waals surface area contributed by atoms with Gasteiger partial charge in [-0.25, -0.2) is 0 Å². The predicted octanol–water partition coefficient (Wildman–Crippen LogP) is 13.8. The lowest BCUT2D eigenvalue weighted by atomic mass is 9.81. The van der Waals surface area contributed by atoms with Crippen molar-refractivity contribution in [1.82, 2.24) is 0 Å². The molecule has 2 nitrogen and oxygen atoms in total. The minimum Gasteiger partial charge on any atom is -0.456 e. The lowest BCUT2D eigenvalue weighted by Crippen LogP contribution is -2.14. The first-order chi connectivity index (χ1) is 25.0. The molecule has 0 spiro atoms. The van der Waals surface area contributed by atoms with Gasteiger partial charge in [0.25, 0.3) is 0 Å². The van der Waals surface area contributed by atoms with Crippen molar-refractivity contribution in [3.8, 4) is 33.4 Å². The number of nitrogens with zero attached hydrogens (tertiary/aromatic N) is 1. The highest BCUT2D eigenvalue weighted by Gasteiger charge is 2.35. The van der Waals surface area contributed by atoms with Crippen LogP contribution in [0, 0.1) is 0 Å². The number of rotatable bonds is 5. The molecule has 0 unspecified atom stereocenters. The zero-order chi connectivity index (χ0) is 34.1. The van der Waals surface area contributed by atoms with Crippen LogP contribution in [0.1, 0.15) is 25.0 Å². The van der Waals surface area contributed by atoms with Crippen molar-refractivity contribution in [2.24, 2.45) is 0 Å². The van der Waals surface area contributed by atoms with E-state index in [-0.39, 0.29) is 5.41 Å². The third-order valence-electron chi connectivity index (χ3n) is 10.9. The molecule has 1 heterocycles. The predicted molar refractivity (Wildman–Crippen MR) is 214 cm³/mol. The number of hydrogen-bond acceptors (Lipinski definition) is 2. The highest BCUT2D eigenvalue weighted by Crippen LogP contribution is 2.49. The Morgan fingerprint density at radius 3 is 1.94 bits per heavy atom. The van der Waals surface area contributed by atoms with Crippen LogP contribution in [0.3, 0.4) is 0 Å². The number of hydrogen-bond donors (Lipinski definition) is 0. The van der Waals surface area contributed by atoms with E-state index in [9.17, 15) is 0 Å². The van der Waals surface area contributed by atoms with Gasteiger partial charge in [0.05, 0.1) is 0 Å². The second kappa shape index (κ2) is 11.3. The van der Waals surface area contributed by atoms with Crippen LogP contribution >= 0.6 is 0 Å². The van der Waals surface area contributed by atoms with Gasteiger partial charge in [0.1, 0.15) is 11.2 Å². The fraction of sp³-hybridized carbons (Fsp3) is 0.0612. The van der Waals surface area contributed by atoms with Gasteiger partial charge >= 0.3 is 0 Å². The van der Waals surface area contributed by atoms with Gasteiger partial charge in [-0.05, 0) is 104 Å². The van der Waals surface area contributed by atoms with E-state index in [0.717, 1.165) is 39.0 Å². The Kier molecular flexibility index (Phi) is 6.56. The Labute approximate surface area is 297 Å². The topological polar surface area (TPSA) is 16.4 Å². The standard InChI is InChI=1S/C49H35NO/c1-49(2)45-19-7-5-16-41(45)42-27-23-34(30-46(42)49)32-21-24-36(25-22-32)50(38-26-28-44-43-17-6-8-20-47(43)51-48(44)31-38)37-14-9-13-35(29-37)40-18-10-12-33-11-3-4-15-39(33)40/h3-31H,1-2H3. The lowest BCUT2D eigenvalue weighted by Gasteiger charge is -2.26. The maximum absolute atomic E-state index is 6.38.